The van der Waals surface area contributed by atoms with E-state index >= 15 is 0 Å². The fraction of sp³-hybridized carbons (Fsp3) is 0.706. The molecule has 6 nitrogen and oxygen atoms in total. The summed E-state index contributed by atoms with van der Waals surface area (Å²) in [6.45, 7) is 1.20. The molecule has 132 valence electrons. The molecule has 0 bridgehead atoms. The van der Waals surface area contributed by atoms with Crippen molar-refractivity contribution in [2.24, 2.45) is 0 Å². The summed E-state index contributed by atoms with van der Waals surface area (Å²) in [6, 6.07) is 1.68. The molecule has 1 amide bonds. The maximum absolute atomic E-state index is 13.8. The minimum absolute atomic E-state index is 0.0639. The lowest BCUT2D eigenvalue weighted by molar-refractivity contribution is -0.126. The van der Waals surface area contributed by atoms with Crippen LogP contribution in [0.1, 0.15) is 44.3 Å². The van der Waals surface area contributed by atoms with Crippen LogP contribution in [0.2, 0.25) is 0 Å². The van der Waals surface area contributed by atoms with Crippen molar-refractivity contribution in [2.75, 3.05) is 13.1 Å². The average Bonchev–Trinajstić information content (AvgIpc) is 3.12. The predicted octanol–water partition coefficient (Wildman–Crippen LogP) is 1.20. The van der Waals surface area contributed by atoms with Gasteiger partial charge in [-0.2, -0.15) is 0 Å². The van der Waals surface area contributed by atoms with E-state index in [4.69, 9.17) is 0 Å². The molecule has 1 aromatic rings. The fourth-order valence-electron chi connectivity index (χ4n) is 3.72. The zero-order valence-electron chi connectivity index (χ0n) is 13.8. The number of nitrogens with one attached hydrogen (secondary N) is 1. The molecule has 2 atom stereocenters. The molecule has 0 radical (unpaired) electrons. The molecule has 0 spiro atoms. The molecule has 1 saturated heterocycles. The number of carbonyl (C=O) groups excluding carboxylic acids is 1. The van der Waals surface area contributed by atoms with Crippen LogP contribution in [0.25, 0.3) is 0 Å². The molecule has 1 aliphatic carbocycles. The second kappa shape index (κ2) is 7.53. The Kier molecular flexibility index (Phi) is 5.40. The van der Waals surface area contributed by atoms with E-state index in [1.807, 2.05) is 4.90 Å². The fourth-order valence-corrected chi connectivity index (χ4v) is 3.72. The molecular formula is C17H25FN4O2. The number of alkyl halides is 1. The lowest BCUT2D eigenvalue weighted by atomic mass is 9.97. The van der Waals surface area contributed by atoms with Crippen molar-refractivity contribution in [2.45, 2.75) is 62.9 Å². The Hall–Kier alpha value is -1.60. The van der Waals surface area contributed by atoms with E-state index < -0.39 is 11.8 Å². The van der Waals surface area contributed by atoms with E-state index in [2.05, 4.69) is 15.3 Å². The van der Waals surface area contributed by atoms with Crippen LogP contribution in [0, 0.1) is 0 Å². The molecule has 1 saturated carbocycles. The number of aliphatic hydroxyl groups is 1. The average molecular weight is 336 g/mol. The van der Waals surface area contributed by atoms with E-state index in [0.717, 1.165) is 12.8 Å². The van der Waals surface area contributed by atoms with Crippen molar-refractivity contribution in [3.8, 4) is 0 Å². The number of halogens is 1. The van der Waals surface area contributed by atoms with Crippen LogP contribution in [0.5, 0.6) is 0 Å². The highest BCUT2D eigenvalue weighted by Crippen LogP contribution is 2.32. The lowest BCUT2D eigenvalue weighted by Gasteiger charge is -2.25. The van der Waals surface area contributed by atoms with Crippen molar-refractivity contribution in [1.29, 1.82) is 0 Å². The first-order valence-electron chi connectivity index (χ1n) is 8.67. The van der Waals surface area contributed by atoms with Crippen LogP contribution in [-0.4, -0.2) is 56.8 Å². The molecule has 1 aromatic heterocycles. The number of rotatable bonds is 6. The van der Waals surface area contributed by atoms with Crippen LogP contribution >= 0.6 is 0 Å². The standard InChI is InChI=1S/C17H25FN4O2/c18-13-8-14(22(11-13)12-15-19-6-3-7-20-15)10-21-16(23)9-17(24)4-1-2-5-17/h3,6-7,13-14,24H,1-2,4-5,8-12H2,(H,21,23)/t13-,14-/m0/s1. The zero-order chi connectivity index (χ0) is 17.0. The Balaban J connectivity index is 1.50. The van der Waals surface area contributed by atoms with Gasteiger partial charge in [-0.15, -0.1) is 0 Å². The van der Waals surface area contributed by atoms with Gasteiger partial charge in [0.2, 0.25) is 5.91 Å². The first-order valence-corrected chi connectivity index (χ1v) is 8.67. The number of amides is 1. The Labute approximate surface area is 141 Å². The maximum Gasteiger partial charge on any atom is 0.222 e. The molecule has 2 aliphatic rings. The van der Waals surface area contributed by atoms with Gasteiger partial charge < -0.3 is 10.4 Å². The number of aromatic nitrogens is 2. The summed E-state index contributed by atoms with van der Waals surface area (Å²) < 4.78 is 13.8. The molecule has 0 unspecified atom stereocenters. The monoisotopic (exact) mass is 336 g/mol. The van der Waals surface area contributed by atoms with Gasteiger partial charge in [0.15, 0.2) is 0 Å². The smallest absolute Gasteiger partial charge is 0.222 e. The third-order valence-corrected chi connectivity index (χ3v) is 5.00. The van der Waals surface area contributed by atoms with Crippen molar-refractivity contribution >= 4 is 5.91 Å². The summed E-state index contributed by atoms with van der Waals surface area (Å²) in [7, 11) is 0. The van der Waals surface area contributed by atoms with E-state index in [0.29, 0.717) is 44.7 Å². The minimum Gasteiger partial charge on any atom is -0.389 e. The third-order valence-electron chi connectivity index (χ3n) is 5.00. The first kappa shape index (κ1) is 17.2. The summed E-state index contributed by atoms with van der Waals surface area (Å²) >= 11 is 0. The Morgan fingerprint density at radius 1 is 1.38 bits per heavy atom. The van der Waals surface area contributed by atoms with E-state index in [1.54, 1.807) is 18.5 Å². The van der Waals surface area contributed by atoms with Crippen LogP contribution in [0.15, 0.2) is 18.5 Å². The topological polar surface area (TPSA) is 78.4 Å². The number of nitrogens with zero attached hydrogens (tertiary/aromatic N) is 3. The lowest BCUT2D eigenvalue weighted by Crippen LogP contribution is -2.42. The van der Waals surface area contributed by atoms with Gasteiger partial charge in [-0.3, -0.25) is 9.69 Å². The highest BCUT2D eigenvalue weighted by atomic mass is 19.1. The minimum atomic E-state index is -0.894. The highest BCUT2D eigenvalue weighted by molar-refractivity contribution is 5.77. The summed E-state index contributed by atoms with van der Waals surface area (Å²) in [6.07, 6.45) is 6.31. The largest absolute Gasteiger partial charge is 0.389 e. The van der Waals surface area contributed by atoms with Gasteiger partial charge in [0, 0.05) is 31.5 Å². The van der Waals surface area contributed by atoms with Crippen LogP contribution in [0.4, 0.5) is 4.39 Å². The highest BCUT2D eigenvalue weighted by Gasteiger charge is 2.35. The summed E-state index contributed by atoms with van der Waals surface area (Å²) in [4.78, 5) is 22.4. The van der Waals surface area contributed by atoms with Gasteiger partial charge in [0.1, 0.15) is 12.0 Å². The van der Waals surface area contributed by atoms with Gasteiger partial charge in [0.25, 0.3) is 0 Å². The second-order valence-corrected chi connectivity index (χ2v) is 6.99. The number of carbonyl (C=O) groups is 1. The quantitative estimate of drug-likeness (QED) is 0.816. The maximum atomic E-state index is 13.8. The van der Waals surface area contributed by atoms with Crippen molar-refractivity contribution in [3.05, 3.63) is 24.3 Å². The normalized spacial score (nSPS) is 26.6. The number of hydrogen-bond acceptors (Lipinski definition) is 5. The third kappa shape index (κ3) is 4.48. The van der Waals surface area contributed by atoms with E-state index in [-0.39, 0.29) is 18.4 Å². The zero-order valence-corrected chi connectivity index (χ0v) is 13.8. The number of hydrogen-bond donors (Lipinski definition) is 2. The van der Waals surface area contributed by atoms with Crippen LogP contribution in [-0.2, 0) is 11.3 Å². The molecule has 0 aromatic carbocycles. The SMILES string of the molecule is O=C(CC1(O)CCCC1)NC[C@@H]1C[C@H](F)CN1Cc1ncccn1. The van der Waals surface area contributed by atoms with Crippen LogP contribution < -0.4 is 5.32 Å². The Morgan fingerprint density at radius 3 is 2.79 bits per heavy atom. The Morgan fingerprint density at radius 2 is 2.08 bits per heavy atom. The molecule has 1 aliphatic heterocycles. The second-order valence-electron chi connectivity index (χ2n) is 6.99. The first-order chi connectivity index (χ1) is 11.5. The van der Waals surface area contributed by atoms with E-state index in [9.17, 15) is 14.3 Å². The summed E-state index contributed by atoms with van der Waals surface area (Å²) in [5, 5.41) is 13.2. The predicted molar refractivity (Wildman–Crippen MR) is 86.8 cm³/mol. The molecule has 7 heteroatoms. The van der Waals surface area contributed by atoms with Gasteiger partial charge in [-0.1, -0.05) is 12.8 Å². The van der Waals surface area contributed by atoms with Gasteiger partial charge in [-0.25, -0.2) is 14.4 Å². The van der Waals surface area contributed by atoms with E-state index in [1.165, 1.54) is 0 Å². The van der Waals surface area contributed by atoms with Gasteiger partial charge >= 0.3 is 0 Å². The molecule has 24 heavy (non-hydrogen) atoms. The van der Waals surface area contributed by atoms with Crippen molar-refractivity contribution < 1.29 is 14.3 Å². The van der Waals surface area contributed by atoms with Crippen molar-refractivity contribution in [3.63, 3.8) is 0 Å². The Bertz CT molecular complexity index is 551. The summed E-state index contributed by atoms with van der Waals surface area (Å²) in [5.74, 6) is 0.501. The van der Waals surface area contributed by atoms with Crippen LogP contribution in [0.3, 0.4) is 0 Å². The number of likely N-dealkylation sites (tertiary alicyclic amines) is 1. The van der Waals surface area contributed by atoms with Gasteiger partial charge in [-0.05, 0) is 25.3 Å². The molecular weight excluding hydrogens is 311 g/mol. The molecule has 2 heterocycles. The molecule has 2 fully saturated rings. The molecule has 3 rings (SSSR count). The molecule has 2 N–H and O–H groups in total. The van der Waals surface area contributed by atoms with Crippen molar-refractivity contribution in [1.82, 2.24) is 20.2 Å². The van der Waals surface area contributed by atoms with Gasteiger partial charge in [0.05, 0.1) is 18.6 Å². The summed E-state index contributed by atoms with van der Waals surface area (Å²) in [5.41, 5.74) is -0.847.